The van der Waals surface area contributed by atoms with E-state index in [2.05, 4.69) is 15.5 Å². The van der Waals surface area contributed by atoms with Gasteiger partial charge in [0.25, 0.3) is 5.91 Å². The normalized spacial score (nSPS) is 16.4. The summed E-state index contributed by atoms with van der Waals surface area (Å²) in [5, 5.41) is 6.28. The van der Waals surface area contributed by atoms with E-state index in [1.54, 1.807) is 6.07 Å². The second kappa shape index (κ2) is 11.4. The van der Waals surface area contributed by atoms with Gasteiger partial charge in [-0.25, -0.2) is 4.39 Å². The van der Waals surface area contributed by atoms with Crippen molar-refractivity contribution in [3.63, 3.8) is 0 Å². The lowest BCUT2D eigenvalue weighted by Crippen LogP contribution is -2.52. The molecule has 0 spiro atoms. The summed E-state index contributed by atoms with van der Waals surface area (Å²) in [6, 6.07) is 12.3. The molecule has 2 aromatic carbocycles. The van der Waals surface area contributed by atoms with Gasteiger partial charge in [-0.15, -0.1) is 0 Å². The van der Waals surface area contributed by atoms with E-state index < -0.39 is 17.8 Å². The van der Waals surface area contributed by atoms with Crippen LogP contribution in [-0.2, 0) is 9.53 Å². The van der Waals surface area contributed by atoms with E-state index in [9.17, 15) is 14.0 Å². The number of rotatable bonds is 8. The Morgan fingerprint density at radius 1 is 1.09 bits per heavy atom. The predicted molar refractivity (Wildman–Crippen MR) is 122 cm³/mol. The van der Waals surface area contributed by atoms with Gasteiger partial charge in [-0.1, -0.05) is 55.8 Å². The molecule has 2 unspecified atom stereocenters. The van der Waals surface area contributed by atoms with E-state index in [0.29, 0.717) is 24.8 Å². The highest BCUT2D eigenvalue weighted by Crippen LogP contribution is 2.27. The molecule has 1 aliphatic heterocycles. The molecule has 0 bridgehead atoms. The summed E-state index contributed by atoms with van der Waals surface area (Å²) in [6.07, 6.45) is 0. The number of amides is 2. The summed E-state index contributed by atoms with van der Waals surface area (Å²) in [6.45, 7) is 6.66. The minimum Gasteiger partial charge on any atom is -0.379 e. The zero-order valence-corrected chi connectivity index (χ0v) is 19.1. The molecule has 2 N–H and O–H groups in total. The molecule has 0 aromatic heterocycles. The molecule has 0 radical (unpaired) electrons. The van der Waals surface area contributed by atoms with Gasteiger partial charge in [-0.3, -0.25) is 14.5 Å². The highest BCUT2D eigenvalue weighted by atomic mass is 35.5. The van der Waals surface area contributed by atoms with Crippen LogP contribution in [-0.4, -0.2) is 55.6 Å². The lowest BCUT2D eigenvalue weighted by atomic mass is 10.0. The number of ether oxygens (including phenoxy) is 1. The number of nitrogens with one attached hydrogen (secondary N) is 2. The zero-order chi connectivity index (χ0) is 23.1. The fourth-order valence-corrected chi connectivity index (χ4v) is 4.04. The first-order valence-corrected chi connectivity index (χ1v) is 11.2. The number of benzene rings is 2. The van der Waals surface area contributed by atoms with Gasteiger partial charge in [-0.2, -0.15) is 0 Å². The first kappa shape index (κ1) is 24.2. The Bertz CT molecular complexity index is 934. The largest absolute Gasteiger partial charge is 0.379 e. The lowest BCUT2D eigenvalue weighted by Gasteiger charge is -2.35. The van der Waals surface area contributed by atoms with Crippen molar-refractivity contribution in [2.24, 2.45) is 5.92 Å². The van der Waals surface area contributed by atoms with E-state index in [-0.39, 0.29) is 23.4 Å². The van der Waals surface area contributed by atoms with Crippen LogP contribution in [0.15, 0.2) is 48.5 Å². The van der Waals surface area contributed by atoms with Gasteiger partial charge < -0.3 is 15.4 Å². The molecule has 1 aliphatic rings. The Labute approximate surface area is 193 Å². The summed E-state index contributed by atoms with van der Waals surface area (Å²) in [4.78, 5) is 27.8. The third kappa shape index (κ3) is 6.06. The molecule has 1 fully saturated rings. The summed E-state index contributed by atoms with van der Waals surface area (Å²) in [7, 11) is 0. The molecular weight excluding hydrogens is 433 g/mol. The van der Waals surface area contributed by atoms with Gasteiger partial charge >= 0.3 is 0 Å². The number of carbonyl (C=O) groups is 2. The van der Waals surface area contributed by atoms with Crippen LogP contribution in [0.4, 0.5) is 4.39 Å². The van der Waals surface area contributed by atoms with Crippen molar-refractivity contribution < 1.29 is 18.7 Å². The standard InChI is InChI=1S/C24H29ClFN3O3/c1-16(2)22(28-23(30)18-8-4-6-10-20(18)26)24(31)27-15-21(29-11-13-32-14-12-29)17-7-3-5-9-19(17)25/h3-10,16,21-22H,11-15H2,1-2H3,(H,27,31)(H,28,30). The average molecular weight is 462 g/mol. The van der Waals surface area contributed by atoms with Crippen molar-refractivity contribution in [2.45, 2.75) is 25.9 Å². The van der Waals surface area contributed by atoms with E-state index in [1.165, 1.54) is 18.2 Å². The summed E-state index contributed by atoms with van der Waals surface area (Å²) >= 11 is 6.45. The van der Waals surface area contributed by atoms with E-state index in [0.717, 1.165) is 18.7 Å². The molecular formula is C24H29ClFN3O3. The van der Waals surface area contributed by atoms with Gasteiger partial charge in [0.2, 0.25) is 5.91 Å². The van der Waals surface area contributed by atoms with Crippen LogP contribution in [0.3, 0.4) is 0 Å². The second-order valence-corrected chi connectivity index (χ2v) is 8.51. The zero-order valence-electron chi connectivity index (χ0n) is 18.3. The molecule has 0 aliphatic carbocycles. The van der Waals surface area contributed by atoms with Crippen LogP contribution >= 0.6 is 11.6 Å². The van der Waals surface area contributed by atoms with E-state index in [1.807, 2.05) is 38.1 Å². The number of hydrogen-bond acceptors (Lipinski definition) is 4. The first-order valence-electron chi connectivity index (χ1n) is 10.8. The number of morpholine rings is 1. The van der Waals surface area contributed by atoms with Crippen LogP contribution in [0.5, 0.6) is 0 Å². The van der Waals surface area contributed by atoms with Crippen molar-refractivity contribution >= 4 is 23.4 Å². The first-order chi connectivity index (χ1) is 15.4. The van der Waals surface area contributed by atoms with Crippen LogP contribution < -0.4 is 10.6 Å². The van der Waals surface area contributed by atoms with Gasteiger partial charge in [0.1, 0.15) is 11.9 Å². The number of carbonyl (C=O) groups excluding carboxylic acids is 2. The molecule has 1 saturated heterocycles. The highest BCUT2D eigenvalue weighted by molar-refractivity contribution is 6.31. The molecule has 0 saturated carbocycles. The molecule has 2 aromatic rings. The molecule has 2 atom stereocenters. The van der Waals surface area contributed by atoms with Crippen molar-refractivity contribution in [3.8, 4) is 0 Å². The maximum absolute atomic E-state index is 14.0. The fraction of sp³-hybridized carbons (Fsp3) is 0.417. The predicted octanol–water partition coefficient (Wildman–Crippen LogP) is 3.42. The van der Waals surface area contributed by atoms with Gasteiger partial charge in [0.05, 0.1) is 24.8 Å². The van der Waals surface area contributed by atoms with E-state index in [4.69, 9.17) is 16.3 Å². The molecule has 3 rings (SSSR count). The average Bonchev–Trinajstić information content (AvgIpc) is 2.79. The van der Waals surface area contributed by atoms with Crippen molar-refractivity contribution in [2.75, 3.05) is 32.8 Å². The third-order valence-corrected chi connectivity index (χ3v) is 5.92. The number of halogens is 2. The monoisotopic (exact) mass is 461 g/mol. The van der Waals surface area contributed by atoms with Crippen molar-refractivity contribution in [1.29, 1.82) is 0 Å². The minimum absolute atomic E-state index is 0.0896. The summed E-state index contributed by atoms with van der Waals surface area (Å²) < 4.78 is 19.5. The molecule has 6 nitrogen and oxygen atoms in total. The highest BCUT2D eigenvalue weighted by Gasteiger charge is 2.29. The summed E-state index contributed by atoms with van der Waals surface area (Å²) in [5.41, 5.74) is 0.834. The smallest absolute Gasteiger partial charge is 0.254 e. The van der Waals surface area contributed by atoms with Gasteiger partial charge in [-0.05, 0) is 29.7 Å². The summed E-state index contributed by atoms with van der Waals surface area (Å²) in [5.74, 6) is -1.75. The van der Waals surface area contributed by atoms with Crippen molar-refractivity contribution in [1.82, 2.24) is 15.5 Å². The molecule has 1 heterocycles. The Kier molecular flexibility index (Phi) is 8.61. The van der Waals surface area contributed by atoms with Crippen LogP contribution in [0.25, 0.3) is 0 Å². The van der Waals surface area contributed by atoms with Crippen LogP contribution in [0, 0.1) is 11.7 Å². The quantitative estimate of drug-likeness (QED) is 0.632. The minimum atomic E-state index is -0.807. The van der Waals surface area contributed by atoms with E-state index >= 15 is 0 Å². The Morgan fingerprint density at radius 2 is 1.75 bits per heavy atom. The Hall–Kier alpha value is -2.48. The van der Waals surface area contributed by atoms with Crippen LogP contribution in [0.2, 0.25) is 5.02 Å². The number of nitrogens with zero attached hydrogens (tertiary/aromatic N) is 1. The number of hydrogen-bond donors (Lipinski definition) is 2. The Balaban J connectivity index is 1.72. The molecule has 8 heteroatoms. The fourth-order valence-electron chi connectivity index (χ4n) is 3.78. The second-order valence-electron chi connectivity index (χ2n) is 8.11. The molecule has 2 amide bonds. The van der Waals surface area contributed by atoms with Crippen LogP contribution in [0.1, 0.15) is 35.8 Å². The lowest BCUT2D eigenvalue weighted by molar-refractivity contribution is -0.124. The van der Waals surface area contributed by atoms with Crippen molar-refractivity contribution in [3.05, 3.63) is 70.5 Å². The Morgan fingerprint density at radius 3 is 2.41 bits per heavy atom. The topological polar surface area (TPSA) is 70.7 Å². The maximum atomic E-state index is 14.0. The molecule has 172 valence electrons. The van der Waals surface area contributed by atoms with Gasteiger partial charge in [0.15, 0.2) is 0 Å². The molecule has 32 heavy (non-hydrogen) atoms. The SMILES string of the molecule is CC(C)C(NC(=O)c1ccccc1F)C(=O)NCC(c1ccccc1Cl)N1CCOCC1. The van der Waals surface area contributed by atoms with Gasteiger partial charge in [0, 0.05) is 24.7 Å². The maximum Gasteiger partial charge on any atom is 0.254 e. The third-order valence-electron chi connectivity index (χ3n) is 5.57.